The summed E-state index contributed by atoms with van der Waals surface area (Å²) in [5.41, 5.74) is 2.08. The van der Waals surface area contributed by atoms with Gasteiger partial charge in [-0.1, -0.05) is 31.5 Å². The molecule has 0 N–H and O–H groups in total. The molecule has 1 aromatic carbocycles. The standard InChI is InChI=1S/C16H18N2O2S2/c1-11(2)16-14-8-9-17-10-15(14)21-18(16)22(19,20)13-6-4-12(3)5-7-13/h4-11,16H,1-3H3/t16-/m0/s1. The van der Waals surface area contributed by atoms with E-state index in [-0.39, 0.29) is 12.0 Å². The van der Waals surface area contributed by atoms with Crippen molar-refractivity contribution >= 4 is 22.0 Å². The van der Waals surface area contributed by atoms with Crippen LogP contribution in [0.15, 0.2) is 52.5 Å². The van der Waals surface area contributed by atoms with Crippen molar-refractivity contribution in [1.82, 2.24) is 8.69 Å². The number of pyridine rings is 1. The van der Waals surface area contributed by atoms with Crippen LogP contribution in [-0.4, -0.2) is 17.1 Å². The van der Waals surface area contributed by atoms with Gasteiger partial charge in [-0.15, -0.1) is 3.71 Å². The number of aryl methyl sites for hydroxylation is 1. The average molecular weight is 334 g/mol. The molecule has 1 aliphatic heterocycles. The van der Waals surface area contributed by atoms with Crippen molar-refractivity contribution < 1.29 is 8.42 Å². The summed E-state index contributed by atoms with van der Waals surface area (Å²) in [5, 5.41) is 0. The number of sulfonamides is 1. The summed E-state index contributed by atoms with van der Waals surface area (Å²) >= 11 is 1.26. The Kier molecular flexibility index (Phi) is 4.01. The van der Waals surface area contributed by atoms with Gasteiger partial charge < -0.3 is 0 Å². The van der Waals surface area contributed by atoms with Gasteiger partial charge in [0.15, 0.2) is 0 Å². The van der Waals surface area contributed by atoms with E-state index in [4.69, 9.17) is 0 Å². The van der Waals surface area contributed by atoms with Gasteiger partial charge >= 0.3 is 0 Å². The minimum Gasteiger partial charge on any atom is -0.263 e. The molecule has 22 heavy (non-hydrogen) atoms. The van der Waals surface area contributed by atoms with Gasteiger partial charge in [0.1, 0.15) is 0 Å². The summed E-state index contributed by atoms with van der Waals surface area (Å²) in [7, 11) is -3.55. The number of benzene rings is 1. The lowest BCUT2D eigenvalue weighted by molar-refractivity contribution is 0.381. The molecule has 3 rings (SSSR count). The predicted molar refractivity (Wildman–Crippen MR) is 87.9 cm³/mol. The second kappa shape index (κ2) is 5.68. The molecular formula is C16H18N2O2S2. The van der Waals surface area contributed by atoms with Crippen molar-refractivity contribution in [1.29, 1.82) is 0 Å². The number of nitrogens with zero attached hydrogens (tertiary/aromatic N) is 2. The first-order valence-electron chi connectivity index (χ1n) is 7.14. The van der Waals surface area contributed by atoms with Gasteiger partial charge in [-0.3, -0.25) is 4.98 Å². The fourth-order valence-corrected chi connectivity index (χ4v) is 5.90. The van der Waals surface area contributed by atoms with Crippen LogP contribution in [0, 0.1) is 12.8 Å². The fraction of sp³-hybridized carbons (Fsp3) is 0.312. The highest BCUT2D eigenvalue weighted by molar-refractivity contribution is 8.08. The highest BCUT2D eigenvalue weighted by atomic mass is 32.3. The first-order chi connectivity index (χ1) is 10.4. The monoisotopic (exact) mass is 334 g/mol. The molecule has 1 atom stereocenters. The minimum absolute atomic E-state index is 0.172. The third-order valence-corrected chi connectivity index (χ3v) is 7.06. The molecule has 0 saturated carbocycles. The molecule has 116 valence electrons. The first kappa shape index (κ1) is 15.5. The molecule has 1 aliphatic rings. The summed E-state index contributed by atoms with van der Waals surface area (Å²) in [4.78, 5) is 5.35. The zero-order chi connectivity index (χ0) is 15.9. The molecule has 0 amide bonds. The maximum absolute atomic E-state index is 13.0. The molecule has 0 spiro atoms. The SMILES string of the molecule is Cc1ccc(S(=O)(=O)N2Sc3cnccc3[C@@H]2C(C)C)cc1. The van der Waals surface area contributed by atoms with Gasteiger partial charge in [-0.05, 0) is 48.6 Å². The van der Waals surface area contributed by atoms with Crippen LogP contribution in [0.25, 0.3) is 0 Å². The Morgan fingerprint density at radius 1 is 1.18 bits per heavy atom. The van der Waals surface area contributed by atoms with Crippen molar-refractivity contribution in [2.24, 2.45) is 5.92 Å². The highest BCUT2D eigenvalue weighted by Gasteiger charge is 2.41. The summed E-state index contributed by atoms with van der Waals surface area (Å²) in [6.45, 7) is 6.02. The Morgan fingerprint density at radius 3 is 2.50 bits per heavy atom. The number of fused-ring (bicyclic) bond motifs is 1. The average Bonchev–Trinajstić information content (AvgIpc) is 2.88. The maximum Gasteiger partial charge on any atom is 0.253 e. The molecule has 6 heteroatoms. The van der Waals surface area contributed by atoms with Crippen LogP contribution in [0.5, 0.6) is 0 Å². The Hall–Kier alpha value is -1.37. The highest BCUT2D eigenvalue weighted by Crippen LogP contribution is 2.50. The second-order valence-electron chi connectivity index (χ2n) is 5.77. The minimum atomic E-state index is -3.55. The van der Waals surface area contributed by atoms with E-state index in [0.29, 0.717) is 4.90 Å². The van der Waals surface area contributed by atoms with Crippen molar-refractivity contribution in [2.45, 2.75) is 36.6 Å². The quantitative estimate of drug-likeness (QED) is 0.801. The zero-order valence-electron chi connectivity index (χ0n) is 12.7. The lowest BCUT2D eigenvalue weighted by atomic mass is 9.98. The zero-order valence-corrected chi connectivity index (χ0v) is 14.4. The molecule has 0 bridgehead atoms. The largest absolute Gasteiger partial charge is 0.263 e. The summed E-state index contributed by atoms with van der Waals surface area (Å²) < 4.78 is 27.6. The van der Waals surface area contributed by atoms with Gasteiger partial charge in [0.25, 0.3) is 10.0 Å². The molecule has 0 radical (unpaired) electrons. The van der Waals surface area contributed by atoms with Gasteiger partial charge in [-0.25, -0.2) is 8.42 Å². The van der Waals surface area contributed by atoms with Crippen molar-refractivity contribution in [3.05, 3.63) is 53.9 Å². The summed E-state index contributed by atoms with van der Waals surface area (Å²) in [6, 6.07) is 8.74. The van der Waals surface area contributed by atoms with Crippen molar-refractivity contribution in [3.8, 4) is 0 Å². The second-order valence-corrected chi connectivity index (χ2v) is 8.83. The van der Waals surface area contributed by atoms with Crippen molar-refractivity contribution in [2.75, 3.05) is 0 Å². The van der Waals surface area contributed by atoms with Crippen molar-refractivity contribution in [3.63, 3.8) is 0 Å². The molecule has 0 unspecified atom stereocenters. The fourth-order valence-electron chi connectivity index (χ4n) is 2.59. The third-order valence-electron chi connectivity index (χ3n) is 3.74. The summed E-state index contributed by atoms with van der Waals surface area (Å²) in [6.07, 6.45) is 3.46. The van der Waals surface area contributed by atoms with E-state index < -0.39 is 10.0 Å². The number of hydrogen-bond donors (Lipinski definition) is 0. The molecule has 2 aromatic rings. The molecule has 1 aromatic heterocycles. The Balaban J connectivity index is 2.06. The van der Waals surface area contributed by atoms with Crippen LogP contribution in [0.3, 0.4) is 0 Å². The van der Waals surface area contributed by atoms with E-state index in [1.165, 1.54) is 15.7 Å². The Bertz CT molecular complexity index is 786. The van der Waals surface area contributed by atoms with Crippen LogP contribution in [0.1, 0.15) is 31.0 Å². The van der Waals surface area contributed by atoms with E-state index in [2.05, 4.69) is 4.98 Å². The lowest BCUT2D eigenvalue weighted by Gasteiger charge is -2.26. The van der Waals surface area contributed by atoms with E-state index in [1.54, 1.807) is 24.5 Å². The topological polar surface area (TPSA) is 50.3 Å². The van der Waals surface area contributed by atoms with Gasteiger partial charge in [-0.2, -0.15) is 0 Å². The van der Waals surface area contributed by atoms with Gasteiger partial charge in [0.2, 0.25) is 0 Å². The predicted octanol–water partition coefficient (Wildman–Crippen LogP) is 3.80. The third kappa shape index (κ3) is 2.55. The molecule has 2 heterocycles. The van der Waals surface area contributed by atoms with Gasteiger partial charge in [0.05, 0.1) is 10.9 Å². The van der Waals surface area contributed by atoms with E-state index in [9.17, 15) is 8.42 Å². The molecule has 4 nitrogen and oxygen atoms in total. The van der Waals surface area contributed by atoms with Gasteiger partial charge in [0, 0.05) is 17.3 Å². The summed E-state index contributed by atoms with van der Waals surface area (Å²) in [5.74, 6) is 0.177. The first-order valence-corrected chi connectivity index (χ1v) is 9.35. The Labute approximate surface area is 135 Å². The lowest BCUT2D eigenvalue weighted by Crippen LogP contribution is -2.28. The van der Waals surface area contributed by atoms with Crippen LogP contribution in [0.2, 0.25) is 0 Å². The molecule has 0 saturated heterocycles. The van der Waals surface area contributed by atoms with Crippen LogP contribution < -0.4 is 0 Å². The number of aromatic nitrogens is 1. The normalized spacial score (nSPS) is 18.6. The maximum atomic E-state index is 13.0. The van der Waals surface area contributed by atoms with Crippen LogP contribution in [-0.2, 0) is 10.0 Å². The number of rotatable bonds is 3. The van der Waals surface area contributed by atoms with E-state index in [0.717, 1.165) is 16.0 Å². The molecular weight excluding hydrogens is 316 g/mol. The molecule has 0 aliphatic carbocycles. The van der Waals surface area contributed by atoms with Crippen LogP contribution >= 0.6 is 11.9 Å². The van der Waals surface area contributed by atoms with Crippen LogP contribution in [0.4, 0.5) is 0 Å². The molecule has 0 fully saturated rings. The number of hydrogen-bond acceptors (Lipinski definition) is 4. The van der Waals surface area contributed by atoms with E-state index >= 15 is 0 Å². The van der Waals surface area contributed by atoms with E-state index in [1.807, 2.05) is 39.0 Å². The Morgan fingerprint density at radius 2 is 1.86 bits per heavy atom. The smallest absolute Gasteiger partial charge is 0.253 e.